The molecule has 9 heteroatoms. The van der Waals surface area contributed by atoms with Crippen molar-refractivity contribution < 1.29 is 13.2 Å². The maximum Gasteiger partial charge on any atom is 0.273 e. The van der Waals surface area contributed by atoms with Gasteiger partial charge in [-0.05, 0) is 17.4 Å². The van der Waals surface area contributed by atoms with E-state index in [4.69, 9.17) is 0 Å². The molecular weight excluding hydrogens is 366 g/mol. The van der Waals surface area contributed by atoms with Crippen molar-refractivity contribution in [1.82, 2.24) is 9.88 Å². The summed E-state index contributed by atoms with van der Waals surface area (Å²) >= 11 is 2.48. The molecule has 130 valence electrons. The smallest absolute Gasteiger partial charge is 0.273 e. The summed E-state index contributed by atoms with van der Waals surface area (Å²) in [5.41, 5.74) is 0.887. The van der Waals surface area contributed by atoms with Crippen LogP contribution in [0.25, 0.3) is 0 Å². The summed E-state index contributed by atoms with van der Waals surface area (Å²) in [4.78, 5) is 19.4. The molecule has 3 heterocycles. The first kappa shape index (κ1) is 17.4. The molecule has 1 aliphatic rings. The summed E-state index contributed by atoms with van der Waals surface area (Å²) in [5, 5.41) is 2.09. The summed E-state index contributed by atoms with van der Waals surface area (Å²) in [5.74, 6) is 0.471. The number of nitrogens with one attached hydrogen (secondary N) is 1. The first-order valence-electron chi connectivity index (χ1n) is 7.68. The average Bonchev–Trinajstić information content (AvgIpc) is 3.14. The number of aromatic nitrogens is 1. The van der Waals surface area contributed by atoms with Crippen molar-refractivity contribution in [2.45, 2.75) is 37.4 Å². The van der Waals surface area contributed by atoms with Crippen LogP contribution in [0, 0.1) is 5.92 Å². The van der Waals surface area contributed by atoms with Crippen LogP contribution in [0.3, 0.4) is 0 Å². The first-order chi connectivity index (χ1) is 11.3. The molecule has 0 atom stereocenters. The fourth-order valence-electron chi connectivity index (χ4n) is 2.51. The van der Waals surface area contributed by atoms with E-state index >= 15 is 0 Å². The highest BCUT2D eigenvalue weighted by Gasteiger charge is 2.26. The van der Waals surface area contributed by atoms with E-state index in [0.717, 1.165) is 10.6 Å². The molecule has 0 radical (unpaired) electrons. The molecule has 0 unspecified atom stereocenters. The molecular formula is C15H19N3O3S3. The number of hydrogen-bond acceptors (Lipinski definition) is 6. The van der Waals surface area contributed by atoms with Gasteiger partial charge >= 0.3 is 0 Å². The third-order valence-corrected chi connectivity index (χ3v) is 7.51. The van der Waals surface area contributed by atoms with Crippen molar-refractivity contribution in [3.63, 3.8) is 0 Å². The number of hydrogen-bond donors (Lipinski definition) is 1. The van der Waals surface area contributed by atoms with E-state index in [9.17, 15) is 13.2 Å². The van der Waals surface area contributed by atoms with Crippen molar-refractivity contribution in [1.29, 1.82) is 0 Å². The second-order valence-corrected chi connectivity index (χ2v) is 10.0. The zero-order valence-electron chi connectivity index (χ0n) is 13.5. The van der Waals surface area contributed by atoms with Gasteiger partial charge in [0, 0.05) is 24.3 Å². The van der Waals surface area contributed by atoms with Crippen molar-refractivity contribution >= 4 is 43.7 Å². The van der Waals surface area contributed by atoms with E-state index in [1.165, 1.54) is 22.7 Å². The van der Waals surface area contributed by atoms with E-state index < -0.39 is 10.0 Å². The maximum absolute atomic E-state index is 12.3. The molecule has 1 N–H and O–H groups in total. The second kappa shape index (κ2) is 6.81. The van der Waals surface area contributed by atoms with Gasteiger partial charge < -0.3 is 4.90 Å². The van der Waals surface area contributed by atoms with Crippen LogP contribution in [-0.2, 0) is 27.8 Å². The van der Waals surface area contributed by atoms with Crippen LogP contribution in [-0.4, -0.2) is 30.8 Å². The Labute approximate surface area is 149 Å². The minimum atomic E-state index is -3.58. The van der Waals surface area contributed by atoms with Gasteiger partial charge in [-0.25, -0.2) is 13.4 Å². The lowest BCUT2D eigenvalue weighted by molar-refractivity contribution is -0.132. The van der Waals surface area contributed by atoms with Gasteiger partial charge in [0.15, 0.2) is 5.13 Å². The van der Waals surface area contributed by atoms with Gasteiger partial charge in [0.1, 0.15) is 4.21 Å². The third-order valence-electron chi connectivity index (χ3n) is 3.65. The largest absolute Gasteiger partial charge is 0.337 e. The summed E-state index contributed by atoms with van der Waals surface area (Å²) in [6, 6.07) is 3.26. The Balaban J connectivity index is 1.73. The standard InChI is InChI=1S/C15H19N3O3S3/c1-10(2)8-13(19)18-6-5-11-12(9-18)23-15(16-11)17-24(20,21)14-4-3-7-22-14/h3-4,7,10H,5-6,8-9H2,1-2H3,(H,16,17). The highest BCUT2D eigenvalue weighted by atomic mass is 32.2. The molecule has 0 spiro atoms. The van der Waals surface area contributed by atoms with Crippen LogP contribution in [0.2, 0.25) is 0 Å². The SMILES string of the molecule is CC(C)CC(=O)N1CCc2nc(NS(=O)(=O)c3cccs3)sc2C1. The molecule has 0 saturated carbocycles. The van der Waals surface area contributed by atoms with E-state index in [2.05, 4.69) is 9.71 Å². The van der Waals surface area contributed by atoms with Gasteiger partial charge in [-0.1, -0.05) is 31.3 Å². The predicted octanol–water partition coefficient (Wildman–Crippen LogP) is 2.94. The molecule has 0 fully saturated rings. The van der Waals surface area contributed by atoms with Gasteiger partial charge in [-0.15, -0.1) is 11.3 Å². The number of sulfonamides is 1. The van der Waals surface area contributed by atoms with Crippen LogP contribution in [0.1, 0.15) is 30.8 Å². The fourth-order valence-corrected chi connectivity index (χ4v) is 5.76. The zero-order chi connectivity index (χ0) is 17.3. The average molecular weight is 386 g/mol. The van der Waals surface area contributed by atoms with Crippen molar-refractivity contribution in [2.75, 3.05) is 11.3 Å². The zero-order valence-corrected chi connectivity index (χ0v) is 15.9. The van der Waals surface area contributed by atoms with Crippen LogP contribution < -0.4 is 4.72 Å². The number of thiophene rings is 1. The highest BCUT2D eigenvalue weighted by Crippen LogP contribution is 2.30. The topological polar surface area (TPSA) is 79.4 Å². The lowest BCUT2D eigenvalue weighted by atomic mass is 10.1. The van der Waals surface area contributed by atoms with E-state index in [-0.39, 0.29) is 10.1 Å². The summed E-state index contributed by atoms with van der Waals surface area (Å²) < 4.78 is 27.4. The second-order valence-electron chi connectivity index (χ2n) is 6.09. The molecule has 2 aromatic rings. The summed E-state index contributed by atoms with van der Waals surface area (Å²) in [6.07, 6.45) is 1.20. The van der Waals surface area contributed by atoms with Gasteiger partial charge in [-0.3, -0.25) is 9.52 Å². The van der Waals surface area contributed by atoms with Crippen LogP contribution >= 0.6 is 22.7 Å². The Morgan fingerprint density at radius 1 is 1.46 bits per heavy atom. The van der Waals surface area contributed by atoms with Gasteiger partial charge in [0.05, 0.1) is 12.2 Å². The number of amides is 1. The molecule has 0 aliphatic carbocycles. The molecule has 0 saturated heterocycles. The Kier molecular flexibility index (Phi) is 4.93. The Morgan fingerprint density at radius 3 is 2.92 bits per heavy atom. The lowest BCUT2D eigenvalue weighted by Gasteiger charge is -2.26. The van der Waals surface area contributed by atoms with Crippen molar-refractivity contribution in [3.05, 3.63) is 28.1 Å². The molecule has 2 aromatic heterocycles. The van der Waals surface area contributed by atoms with Gasteiger partial charge in [-0.2, -0.15) is 0 Å². The van der Waals surface area contributed by atoms with Gasteiger partial charge in [0.25, 0.3) is 10.0 Å². The van der Waals surface area contributed by atoms with Crippen LogP contribution in [0.15, 0.2) is 21.7 Å². The molecule has 1 amide bonds. The number of nitrogens with zero attached hydrogens (tertiary/aromatic N) is 2. The van der Waals surface area contributed by atoms with Crippen molar-refractivity contribution in [3.8, 4) is 0 Å². The highest BCUT2D eigenvalue weighted by molar-refractivity contribution is 7.94. The van der Waals surface area contributed by atoms with E-state index in [1.807, 2.05) is 18.7 Å². The number of rotatable bonds is 5. The first-order valence-corrected chi connectivity index (χ1v) is 10.9. The minimum Gasteiger partial charge on any atom is -0.337 e. The normalized spacial score (nSPS) is 14.7. The molecule has 0 bridgehead atoms. The monoisotopic (exact) mass is 385 g/mol. The van der Waals surface area contributed by atoms with Crippen LogP contribution in [0.4, 0.5) is 5.13 Å². The Hall–Kier alpha value is -1.45. The lowest BCUT2D eigenvalue weighted by Crippen LogP contribution is -2.36. The summed E-state index contributed by atoms with van der Waals surface area (Å²) in [7, 11) is -3.58. The summed E-state index contributed by atoms with van der Waals surface area (Å²) in [6.45, 7) is 5.20. The van der Waals surface area contributed by atoms with E-state index in [0.29, 0.717) is 37.0 Å². The number of carbonyl (C=O) groups excluding carboxylic acids is 1. The number of thiazole rings is 1. The maximum atomic E-state index is 12.3. The molecule has 6 nitrogen and oxygen atoms in total. The fraction of sp³-hybridized carbons (Fsp3) is 0.467. The Bertz CT molecular complexity index is 826. The number of fused-ring (bicyclic) bond motifs is 1. The number of anilines is 1. The molecule has 3 rings (SSSR count). The number of carbonyl (C=O) groups is 1. The molecule has 1 aliphatic heterocycles. The quantitative estimate of drug-likeness (QED) is 0.858. The molecule has 24 heavy (non-hydrogen) atoms. The van der Waals surface area contributed by atoms with Gasteiger partial charge in [0.2, 0.25) is 5.91 Å². The van der Waals surface area contributed by atoms with Crippen LogP contribution in [0.5, 0.6) is 0 Å². The Morgan fingerprint density at radius 2 is 2.25 bits per heavy atom. The predicted molar refractivity (Wildman–Crippen MR) is 95.8 cm³/mol. The van der Waals surface area contributed by atoms with Crippen molar-refractivity contribution in [2.24, 2.45) is 5.92 Å². The molecule has 0 aromatic carbocycles. The minimum absolute atomic E-state index is 0.143. The third kappa shape index (κ3) is 3.79. The van der Waals surface area contributed by atoms with E-state index in [1.54, 1.807) is 17.5 Å².